The summed E-state index contributed by atoms with van der Waals surface area (Å²) in [5.41, 5.74) is 3.76. The molecule has 2 aromatic carbocycles. The fraction of sp³-hybridized carbons (Fsp3) is 0.435. The van der Waals surface area contributed by atoms with Gasteiger partial charge in [0.25, 0.3) is 0 Å². The monoisotopic (exact) mass is 429 g/mol. The summed E-state index contributed by atoms with van der Waals surface area (Å²) < 4.78 is 27.9. The van der Waals surface area contributed by atoms with Gasteiger partial charge in [0, 0.05) is 32.7 Å². The number of carbonyl (C=O) groups excluding carboxylic acids is 1. The Hall–Kier alpha value is -2.22. The topological polar surface area (TPSA) is 60.9 Å². The van der Waals surface area contributed by atoms with E-state index in [1.807, 2.05) is 75.2 Å². The number of rotatable bonds is 6. The summed E-state index contributed by atoms with van der Waals surface area (Å²) in [6.45, 7) is 8.15. The lowest BCUT2D eigenvalue weighted by atomic mass is 10.1. The number of hydrogen-bond acceptors (Lipinski definition) is 4. The van der Waals surface area contributed by atoms with Crippen LogP contribution in [0.3, 0.4) is 0 Å². The van der Waals surface area contributed by atoms with E-state index in [0.29, 0.717) is 44.2 Å². The Morgan fingerprint density at radius 1 is 0.967 bits per heavy atom. The van der Waals surface area contributed by atoms with Crippen molar-refractivity contribution in [3.8, 4) is 0 Å². The molecule has 2 aromatic rings. The quantitative estimate of drug-likeness (QED) is 0.708. The number of piperazine rings is 1. The number of nitrogens with zero attached hydrogens (tertiary/aromatic N) is 3. The fourth-order valence-electron chi connectivity index (χ4n) is 4.16. The zero-order chi connectivity index (χ0) is 21.9. The molecule has 1 saturated heterocycles. The molecule has 1 amide bonds. The minimum Gasteiger partial charge on any atom is -0.339 e. The predicted octanol–water partition coefficient (Wildman–Crippen LogP) is 2.58. The van der Waals surface area contributed by atoms with E-state index in [9.17, 15) is 13.2 Å². The van der Waals surface area contributed by atoms with Gasteiger partial charge < -0.3 is 4.90 Å². The van der Waals surface area contributed by atoms with Crippen molar-refractivity contribution in [2.24, 2.45) is 0 Å². The van der Waals surface area contributed by atoms with Gasteiger partial charge in [0.1, 0.15) is 0 Å². The number of aryl methyl sites for hydroxylation is 3. The van der Waals surface area contributed by atoms with Crippen molar-refractivity contribution in [3.63, 3.8) is 0 Å². The van der Waals surface area contributed by atoms with Crippen LogP contribution in [-0.4, -0.2) is 68.2 Å². The average molecular weight is 430 g/mol. The summed E-state index contributed by atoms with van der Waals surface area (Å²) in [6, 6.07) is 13.8. The summed E-state index contributed by atoms with van der Waals surface area (Å²) in [4.78, 5) is 16.8. The maximum atomic E-state index is 13.2. The van der Waals surface area contributed by atoms with Crippen LogP contribution in [-0.2, 0) is 21.4 Å². The van der Waals surface area contributed by atoms with Crippen LogP contribution in [0.5, 0.6) is 0 Å². The van der Waals surface area contributed by atoms with Crippen LogP contribution in [0, 0.1) is 20.8 Å². The number of likely N-dealkylation sites (N-methyl/N-ethyl adjacent to an activating group) is 1. The van der Waals surface area contributed by atoms with E-state index >= 15 is 0 Å². The van der Waals surface area contributed by atoms with Crippen molar-refractivity contribution in [1.29, 1.82) is 0 Å². The minimum absolute atomic E-state index is 0.0353. The molecule has 162 valence electrons. The van der Waals surface area contributed by atoms with E-state index in [0.717, 1.165) is 22.3 Å². The van der Waals surface area contributed by atoms with Crippen molar-refractivity contribution in [2.75, 3.05) is 39.8 Å². The molecule has 1 fully saturated rings. The molecule has 6 nitrogen and oxygen atoms in total. The fourth-order valence-corrected chi connectivity index (χ4v) is 6.00. The Bertz CT molecular complexity index is 975. The lowest BCUT2D eigenvalue weighted by molar-refractivity contribution is -0.133. The Labute approximate surface area is 180 Å². The zero-order valence-electron chi connectivity index (χ0n) is 18.3. The Morgan fingerprint density at radius 3 is 2.10 bits per heavy atom. The molecule has 0 aromatic heterocycles. The van der Waals surface area contributed by atoms with Gasteiger partial charge in [-0.25, -0.2) is 8.42 Å². The molecular formula is C23H31N3O3S. The Kier molecular flexibility index (Phi) is 6.95. The highest BCUT2D eigenvalue weighted by atomic mass is 32.2. The SMILES string of the molecule is Cc1cc(C)c(S(=O)(=O)N2CCN(C(=O)CN(C)Cc3ccccc3)CC2)c(C)c1. The number of benzene rings is 2. The van der Waals surface area contributed by atoms with Crippen LogP contribution < -0.4 is 0 Å². The van der Waals surface area contributed by atoms with Crippen LogP contribution in [0.1, 0.15) is 22.3 Å². The number of hydrogen-bond donors (Lipinski definition) is 0. The molecule has 0 aliphatic carbocycles. The van der Waals surface area contributed by atoms with Gasteiger partial charge in [-0.3, -0.25) is 9.69 Å². The van der Waals surface area contributed by atoms with E-state index in [1.54, 1.807) is 4.90 Å². The van der Waals surface area contributed by atoms with E-state index in [4.69, 9.17) is 0 Å². The number of amides is 1. The average Bonchev–Trinajstić information content (AvgIpc) is 2.67. The molecule has 0 saturated carbocycles. The third-order valence-corrected chi connectivity index (χ3v) is 7.70. The highest BCUT2D eigenvalue weighted by molar-refractivity contribution is 7.89. The van der Waals surface area contributed by atoms with Crippen LogP contribution in [0.4, 0.5) is 0 Å². The lowest BCUT2D eigenvalue weighted by Gasteiger charge is -2.35. The summed E-state index contributed by atoms with van der Waals surface area (Å²) >= 11 is 0. The molecule has 30 heavy (non-hydrogen) atoms. The van der Waals surface area contributed by atoms with Gasteiger partial charge >= 0.3 is 0 Å². The maximum Gasteiger partial charge on any atom is 0.243 e. The van der Waals surface area contributed by atoms with Gasteiger partial charge in [-0.1, -0.05) is 48.0 Å². The van der Waals surface area contributed by atoms with E-state index < -0.39 is 10.0 Å². The predicted molar refractivity (Wildman–Crippen MR) is 119 cm³/mol. The Balaban J connectivity index is 1.59. The van der Waals surface area contributed by atoms with E-state index in [2.05, 4.69) is 0 Å². The Morgan fingerprint density at radius 2 is 1.53 bits per heavy atom. The number of carbonyl (C=O) groups is 1. The standard InChI is InChI=1S/C23H31N3O3S/c1-18-14-19(2)23(20(3)15-18)30(28,29)26-12-10-25(11-13-26)22(27)17-24(4)16-21-8-6-5-7-9-21/h5-9,14-15H,10-13,16-17H2,1-4H3. The van der Waals surface area contributed by atoms with Crippen LogP contribution in [0.25, 0.3) is 0 Å². The molecule has 7 heteroatoms. The normalized spacial score (nSPS) is 15.6. The zero-order valence-corrected chi connectivity index (χ0v) is 19.1. The third-order valence-electron chi connectivity index (χ3n) is 5.49. The van der Waals surface area contributed by atoms with E-state index in [1.165, 1.54) is 4.31 Å². The smallest absolute Gasteiger partial charge is 0.243 e. The third kappa shape index (κ3) is 5.09. The minimum atomic E-state index is -3.57. The van der Waals surface area contributed by atoms with Gasteiger partial charge in [0.15, 0.2) is 0 Å². The van der Waals surface area contributed by atoms with Crippen molar-refractivity contribution >= 4 is 15.9 Å². The van der Waals surface area contributed by atoms with Crippen LogP contribution in [0.2, 0.25) is 0 Å². The second-order valence-electron chi connectivity index (χ2n) is 8.17. The summed E-state index contributed by atoms with van der Waals surface area (Å²) in [6.07, 6.45) is 0. The summed E-state index contributed by atoms with van der Waals surface area (Å²) in [5, 5.41) is 0. The van der Waals surface area contributed by atoms with Gasteiger partial charge in [0.2, 0.25) is 15.9 Å². The van der Waals surface area contributed by atoms with Gasteiger partial charge in [-0.05, 0) is 44.5 Å². The molecule has 3 rings (SSSR count). The van der Waals surface area contributed by atoms with Gasteiger partial charge in [-0.15, -0.1) is 0 Å². The molecular weight excluding hydrogens is 398 g/mol. The first-order valence-corrected chi connectivity index (χ1v) is 11.7. The molecule has 1 aliphatic heterocycles. The van der Waals surface area contributed by atoms with Crippen LogP contribution >= 0.6 is 0 Å². The van der Waals surface area contributed by atoms with Crippen molar-refractivity contribution < 1.29 is 13.2 Å². The molecule has 0 bridgehead atoms. The van der Waals surface area contributed by atoms with Crippen LogP contribution in [0.15, 0.2) is 47.4 Å². The highest BCUT2D eigenvalue weighted by Gasteiger charge is 2.32. The lowest BCUT2D eigenvalue weighted by Crippen LogP contribution is -2.52. The molecule has 0 radical (unpaired) electrons. The van der Waals surface area contributed by atoms with Gasteiger partial charge in [0.05, 0.1) is 11.4 Å². The molecule has 0 unspecified atom stereocenters. The highest BCUT2D eigenvalue weighted by Crippen LogP contribution is 2.26. The molecule has 0 N–H and O–H groups in total. The first-order valence-electron chi connectivity index (χ1n) is 10.3. The second kappa shape index (κ2) is 9.29. The van der Waals surface area contributed by atoms with Crippen molar-refractivity contribution in [2.45, 2.75) is 32.2 Å². The van der Waals surface area contributed by atoms with Crippen molar-refractivity contribution in [3.05, 3.63) is 64.7 Å². The maximum absolute atomic E-state index is 13.2. The van der Waals surface area contributed by atoms with Gasteiger partial charge in [-0.2, -0.15) is 4.31 Å². The second-order valence-corrected chi connectivity index (χ2v) is 10.0. The molecule has 0 atom stereocenters. The van der Waals surface area contributed by atoms with E-state index in [-0.39, 0.29) is 5.91 Å². The van der Waals surface area contributed by atoms with Crippen molar-refractivity contribution in [1.82, 2.24) is 14.1 Å². The number of sulfonamides is 1. The summed E-state index contributed by atoms with van der Waals surface area (Å²) in [5.74, 6) is 0.0353. The first-order chi connectivity index (χ1) is 14.2. The molecule has 0 spiro atoms. The summed E-state index contributed by atoms with van der Waals surface area (Å²) in [7, 11) is -1.64. The first kappa shape index (κ1) is 22.5. The molecule has 1 aliphatic rings. The largest absolute Gasteiger partial charge is 0.339 e. The molecule has 1 heterocycles.